The highest BCUT2D eigenvalue weighted by Gasteiger charge is 2.31. The summed E-state index contributed by atoms with van der Waals surface area (Å²) in [7, 11) is 0. The fourth-order valence-corrected chi connectivity index (χ4v) is 2.08. The average Bonchev–Trinajstić information content (AvgIpc) is 2.89. The van der Waals surface area contributed by atoms with E-state index in [4.69, 9.17) is 4.74 Å². The second-order valence-electron chi connectivity index (χ2n) is 4.93. The molecule has 2 aromatic carbocycles. The molecule has 1 aliphatic heterocycles. The molecule has 1 aliphatic rings. The lowest BCUT2D eigenvalue weighted by Gasteiger charge is -2.08. The molecule has 0 saturated carbocycles. The number of hydrogen-bond acceptors (Lipinski definition) is 4. The zero-order chi connectivity index (χ0) is 18.0. The maximum atomic E-state index is 13.7. The molecule has 0 N–H and O–H groups in total. The van der Waals surface area contributed by atoms with E-state index in [0.717, 1.165) is 12.1 Å². The van der Waals surface area contributed by atoms with Crippen LogP contribution in [0, 0.1) is 5.82 Å². The van der Waals surface area contributed by atoms with Crippen LogP contribution in [0.25, 0.3) is 6.08 Å². The SMILES string of the molecule is O=C1OC(c2ccccc2F)=N/C1=C\c1ccc(OC(F)(F)F)cc1. The van der Waals surface area contributed by atoms with E-state index in [0.29, 0.717) is 5.56 Å². The normalized spacial score (nSPS) is 15.9. The molecule has 0 radical (unpaired) electrons. The molecule has 4 nitrogen and oxygen atoms in total. The van der Waals surface area contributed by atoms with Gasteiger partial charge in [0, 0.05) is 0 Å². The third-order valence-electron chi connectivity index (χ3n) is 3.14. The van der Waals surface area contributed by atoms with Crippen LogP contribution < -0.4 is 4.74 Å². The Labute approximate surface area is 139 Å². The number of ether oxygens (including phenoxy) is 2. The summed E-state index contributed by atoms with van der Waals surface area (Å²) < 4.78 is 58.7. The average molecular weight is 351 g/mol. The number of hydrogen-bond donors (Lipinski definition) is 0. The van der Waals surface area contributed by atoms with Gasteiger partial charge in [0.2, 0.25) is 5.90 Å². The number of cyclic esters (lactones) is 1. The van der Waals surface area contributed by atoms with Crippen LogP contribution in [-0.2, 0) is 9.53 Å². The first kappa shape index (κ1) is 16.7. The second kappa shape index (κ2) is 6.39. The van der Waals surface area contributed by atoms with Gasteiger partial charge >= 0.3 is 12.3 Å². The lowest BCUT2D eigenvalue weighted by Crippen LogP contribution is -2.16. The highest BCUT2D eigenvalue weighted by atomic mass is 19.4. The number of esters is 1. The van der Waals surface area contributed by atoms with E-state index in [9.17, 15) is 22.4 Å². The minimum Gasteiger partial charge on any atom is -0.406 e. The Morgan fingerprint density at radius 2 is 1.72 bits per heavy atom. The van der Waals surface area contributed by atoms with Crippen LogP contribution in [0.1, 0.15) is 11.1 Å². The molecule has 0 unspecified atom stereocenters. The highest BCUT2D eigenvalue weighted by Crippen LogP contribution is 2.25. The van der Waals surface area contributed by atoms with E-state index in [-0.39, 0.29) is 22.9 Å². The minimum atomic E-state index is -4.78. The zero-order valence-electron chi connectivity index (χ0n) is 12.4. The lowest BCUT2D eigenvalue weighted by atomic mass is 10.2. The van der Waals surface area contributed by atoms with Crippen molar-refractivity contribution in [1.29, 1.82) is 0 Å². The van der Waals surface area contributed by atoms with Gasteiger partial charge in [0.15, 0.2) is 5.70 Å². The summed E-state index contributed by atoms with van der Waals surface area (Å²) in [6, 6.07) is 10.5. The topological polar surface area (TPSA) is 47.9 Å². The Bertz CT molecular complexity index is 870. The number of carbonyl (C=O) groups is 1. The predicted octanol–water partition coefficient (Wildman–Crippen LogP) is 4.07. The fraction of sp³-hybridized carbons (Fsp3) is 0.0588. The number of rotatable bonds is 3. The molecule has 3 rings (SSSR count). The lowest BCUT2D eigenvalue weighted by molar-refractivity contribution is -0.274. The van der Waals surface area contributed by atoms with Gasteiger partial charge in [0.1, 0.15) is 11.6 Å². The molecular formula is C17H9F4NO3. The monoisotopic (exact) mass is 351 g/mol. The first-order chi connectivity index (χ1) is 11.8. The zero-order valence-corrected chi connectivity index (χ0v) is 12.4. The summed E-state index contributed by atoms with van der Waals surface area (Å²) in [6.45, 7) is 0. The van der Waals surface area contributed by atoms with Crippen molar-refractivity contribution in [3.8, 4) is 5.75 Å². The molecule has 0 spiro atoms. The van der Waals surface area contributed by atoms with Crippen LogP contribution in [0.5, 0.6) is 5.75 Å². The van der Waals surface area contributed by atoms with Crippen molar-refractivity contribution in [2.24, 2.45) is 4.99 Å². The quantitative estimate of drug-likeness (QED) is 0.476. The molecule has 1 heterocycles. The maximum Gasteiger partial charge on any atom is 0.573 e. The number of benzene rings is 2. The molecule has 8 heteroatoms. The van der Waals surface area contributed by atoms with Gasteiger partial charge in [-0.05, 0) is 35.9 Å². The molecule has 2 aromatic rings. The highest BCUT2D eigenvalue weighted by molar-refractivity contribution is 6.12. The van der Waals surface area contributed by atoms with Crippen LogP contribution in [0.2, 0.25) is 0 Å². The van der Waals surface area contributed by atoms with Crippen molar-refractivity contribution in [2.45, 2.75) is 6.36 Å². The Morgan fingerprint density at radius 1 is 1.04 bits per heavy atom. The van der Waals surface area contributed by atoms with Gasteiger partial charge in [-0.15, -0.1) is 13.2 Å². The Kier molecular flexibility index (Phi) is 4.26. The number of halogens is 4. The minimum absolute atomic E-state index is 0.0353. The smallest absolute Gasteiger partial charge is 0.406 e. The van der Waals surface area contributed by atoms with Gasteiger partial charge in [-0.3, -0.25) is 0 Å². The third kappa shape index (κ3) is 4.03. The van der Waals surface area contributed by atoms with Crippen LogP contribution in [0.15, 0.2) is 59.2 Å². The largest absolute Gasteiger partial charge is 0.573 e. The van der Waals surface area contributed by atoms with Crippen LogP contribution >= 0.6 is 0 Å². The first-order valence-electron chi connectivity index (χ1n) is 6.95. The van der Waals surface area contributed by atoms with Crippen molar-refractivity contribution in [2.75, 3.05) is 0 Å². The van der Waals surface area contributed by atoms with Gasteiger partial charge in [-0.25, -0.2) is 14.2 Å². The Hall–Kier alpha value is -3.16. The first-order valence-corrected chi connectivity index (χ1v) is 6.95. The van der Waals surface area contributed by atoms with E-state index in [2.05, 4.69) is 9.73 Å². The van der Waals surface area contributed by atoms with Crippen LogP contribution in [0.3, 0.4) is 0 Å². The van der Waals surface area contributed by atoms with Crippen molar-refractivity contribution >= 4 is 17.9 Å². The van der Waals surface area contributed by atoms with E-state index in [1.807, 2.05) is 0 Å². The van der Waals surface area contributed by atoms with Crippen molar-refractivity contribution in [3.63, 3.8) is 0 Å². The second-order valence-corrected chi connectivity index (χ2v) is 4.93. The molecule has 128 valence electrons. The van der Waals surface area contributed by atoms with Crippen LogP contribution in [-0.4, -0.2) is 18.2 Å². The van der Waals surface area contributed by atoms with Gasteiger partial charge in [-0.1, -0.05) is 24.3 Å². The van der Waals surface area contributed by atoms with E-state index >= 15 is 0 Å². The fourth-order valence-electron chi connectivity index (χ4n) is 2.08. The van der Waals surface area contributed by atoms with Gasteiger partial charge in [-0.2, -0.15) is 0 Å². The van der Waals surface area contributed by atoms with Crippen molar-refractivity contribution < 1.29 is 31.8 Å². The third-order valence-corrected chi connectivity index (χ3v) is 3.14. The molecule has 0 saturated heterocycles. The van der Waals surface area contributed by atoms with E-state index in [1.165, 1.54) is 36.4 Å². The predicted molar refractivity (Wildman–Crippen MR) is 80.1 cm³/mol. The summed E-state index contributed by atoms with van der Waals surface area (Å²) in [5.41, 5.74) is 0.343. The van der Waals surface area contributed by atoms with Crippen molar-refractivity contribution in [3.05, 3.63) is 71.2 Å². The maximum absolute atomic E-state index is 13.7. The Morgan fingerprint density at radius 3 is 2.36 bits per heavy atom. The summed E-state index contributed by atoms with van der Waals surface area (Å²) in [6.07, 6.45) is -3.47. The van der Waals surface area contributed by atoms with Gasteiger partial charge in [0.25, 0.3) is 0 Å². The summed E-state index contributed by atoms with van der Waals surface area (Å²) >= 11 is 0. The molecular weight excluding hydrogens is 342 g/mol. The van der Waals surface area contributed by atoms with Gasteiger partial charge in [0.05, 0.1) is 5.56 Å². The summed E-state index contributed by atoms with van der Waals surface area (Å²) in [5.74, 6) is -1.94. The summed E-state index contributed by atoms with van der Waals surface area (Å²) in [4.78, 5) is 15.8. The molecule has 25 heavy (non-hydrogen) atoms. The molecule has 0 amide bonds. The number of aliphatic imine (C=N–C) groups is 1. The number of nitrogens with zero attached hydrogens (tertiary/aromatic N) is 1. The molecule has 0 aromatic heterocycles. The molecule has 0 aliphatic carbocycles. The van der Waals surface area contributed by atoms with Crippen LogP contribution in [0.4, 0.5) is 17.6 Å². The molecule has 0 bridgehead atoms. The molecule has 0 atom stereocenters. The Balaban J connectivity index is 1.84. The van der Waals surface area contributed by atoms with Crippen molar-refractivity contribution in [1.82, 2.24) is 0 Å². The summed E-state index contributed by atoms with van der Waals surface area (Å²) in [5, 5.41) is 0. The molecule has 0 fully saturated rings. The van der Waals surface area contributed by atoms with Gasteiger partial charge < -0.3 is 9.47 Å². The van der Waals surface area contributed by atoms with E-state index in [1.54, 1.807) is 6.07 Å². The number of alkyl halides is 3. The standard InChI is InChI=1S/C17H9F4NO3/c18-13-4-2-1-3-12(13)15-22-14(16(23)24-15)9-10-5-7-11(8-6-10)25-17(19,20)21/h1-9H/b14-9-. The number of carbonyl (C=O) groups excluding carboxylic acids is 1. The van der Waals surface area contributed by atoms with E-state index < -0.39 is 18.1 Å².